The molecule has 1 rings (SSSR count). The highest BCUT2D eigenvalue weighted by molar-refractivity contribution is 6.32. The summed E-state index contributed by atoms with van der Waals surface area (Å²) < 4.78 is 10.6. The molecule has 2 nitrogen and oxygen atoms in total. The normalized spacial score (nSPS) is 11.8. The molecule has 0 saturated heterocycles. The van der Waals surface area contributed by atoms with Crippen LogP contribution in [0.5, 0.6) is 0 Å². The average Bonchev–Trinajstić information content (AvgIpc) is 2.48. The van der Waals surface area contributed by atoms with Gasteiger partial charge in [0.05, 0.1) is 0 Å². The molecule has 0 atom stereocenters. The summed E-state index contributed by atoms with van der Waals surface area (Å²) >= 11 is 18.6. The molecule has 114 valence electrons. The number of halogens is 3. The number of rotatable bonds is 10. The second-order valence-corrected chi connectivity index (χ2v) is 5.68. The van der Waals surface area contributed by atoms with Gasteiger partial charge in [0.25, 0.3) is 0 Å². The van der Waals surface area contributed by atoms with Crippen LogP contribution in [0.15, 0.2) is 24.3 Å². The number of alkyl halides is 2. The lowest BCUT2D eigenvalue weighted by atomic mass is 9.81. The maximum absolute atomic E-state index is 6.27. The van der Waals surface area contributed by atoms with Crippen LogP contribution in [0.2, 0.25) is 5.02 Å². The zero-order valence-electron chi connectivity index (χ0n) is 11.7. The molecule has 0 fully saturated rings. The smallest absolute Gasteiger partial charge is 0.0487 e. The third-order valence-electron chi connectivity index (χ3n) is 3.32. The van der Waals surface area contributed by atoms with E-state index in [2.05, 4.69) is 0 Å². The number of hydrogen-bond donors (Lipinski definition) is 0. The summed E-state index contributed by atoms with van der Waals surface area (Å²) in [6, 6.07) is 7.71. The van der Waals surface area contributed by atoms with Crippen molar-refractivity contribution < 1.29 is 9.47 Å². The quantitative estimate of drug-likeness (QED) is 0.461. The third-order valence-corrected chi connectivity index (χ3v) is 4.67. The molecule has 0 N–H and O–H groups in total. The van der Waals surface area contributed by atoms with E-state index in [1.54, 1.807) is 7.11 Å². The molecule has 0 aliphatic carbocycles. The molecule has 0 saturated carbocycles. The highest BCUT2D eigenvalue weighted by atomic mass is 35.5. The van der Waals surface area contributed by atoms with Gasteiger partial charge in [0.2, 0.25) is 0 Å². The van der Waals surface area contributed by atoms with Crippen LogP contribution in [0.3, 0.4) is 0 Å². The number of benzene rings is 1. The van der Waals surface area contributed by atoms with Crippen molar-refractivity contribution in [2.75, 3.05) is 38.7 Å². The Morgan fingerprint density at radius 2 is 1.75 bits per heavy atom. The van der Waals surface area contributed by atoms with Crippen molar-refractivity contribution in [3.63, 3.8) is 0 Å². The van der Waals surface area contributed by atoms with E-state index in [1.807, 2.05) is 24.3 Å². The molecule has 0 aliphatic rings. The first-order valence-corrected chi connectivity index (χ1v) is 8.08. The van der Waals surface area contributed by atoms with Crippen LogP contribution in [-0.4, -0.2) is 38.7 Å². The Bertz CT molecular complexity index is 381. The monoisotopic (exact) mass is 338 g/mol. The molecular formula is C15H21Cl3O2. The minimum Gasteiger partial charge on any atom is -0.385 e. The zero-order valence-corrected chi connectivity index (χ0v) is 14.0. The van der Waals surface area contributed by atoms with Crippen molar-refractivity contribution in [3.05, 3.63) is 34.9 Å². The minimum absolute atomic E-state index is 0.345. The van der Waals surface area contributed by atoms with Crippen LogP contribution in [0.25, 0.3) is 0 Å². The van der Waals surface area contributed by atoms with Crippen molar-refractivity contribution in [2.24, 2.45) is 0 Å². The predicted octanol–water partition coefficient (Wildman–Crippen LogP) is 4.50. The summed E-state index contributed by atoms with van der Waals surface area (Å²) in [7, 11) is 1.68. The van der Waals surface area contributed by atoms with Gasteiger partial charge < -0.3 is 9.47 Å². The van der Waals surface area contributed by atoms with Crippen molar-refractivity contribution in [1.82, 2.24) is 0 Å². The zero-order chi connectivity index (χ0) is 14.8. The molecule has 1 aromatic rings. The standard InChI is InChI=1S/C15H21Cl3O2/c1-19-8-4-9-20-10-7-15(11-16,12-17)13-5-2-3-6-14(13)18/h2-3,5-6H,4,7-12H2,1H3. The largest absolute Gasteiger partial charge is 0.385 e. The van der Waals surface area contributed by atoms with Crippen molar-refractivity contribution in [3.8, 4) is 0 Å². The second kappa shape index (κ2) is 9.86. The highest BCUT2D eigenvalue weighted by Crippen LogP contribution is 2.35. The Labute approximate surface area is 136 Å². The van der Waals surface area contributed by atoms with Crippen LogP contribution in [0.4, 0.5) is 0 Å². The number of hydrogen-bond acceptors (Lipinski definition) is 2. The Kier molecular flexibility index (Phi) is 8.90. The lowest BCUT2D eigenvalue weighted by molar-refractivity contribution is 0.0931. The van der Waals surface area contributed by atoms with Crippen LogP contribution in [0.1, 0.15) is 18.4 Å². The summed E-state index contributed by atoms with van der Waals surface area (Å²) in [4.78, 5) is 0. The minimum atomic E-state index is -0.345. The number of ether oxygens (including phenoxy) is 2. The van der Waals surface area contributed by atoms with Crippen molar-refractivity contribution in [2.45, 2.75) is 18.3 Å². The van der Waals surface area contributed by atoms with Gasteiger partial charge in [-0.2, -0.15) is 0 Å². The maximum atomic E-state index is 6.27. The molecule has 1 aromatic carbocycles. The van der Waals surface area contributed by atoms with Gasteiger partial charge in [-0.3, -0.25) is 0 Å². The van der Waals surface area contributed by atoms with E-state index >= 15 is 0 Å². The molecule has 5 heteroatoms. The second-order valence-electron chi connectivity index (χ2n) is 4.74. The van der Waals surface area contributed by atoms with Crippen LogP contribution in [0, 0.1) is 0 Å². The third kappa shape index (κ3) is 5.09. The van der Waals surface area contributed by atoms with Crippen molar-refractivity contribution >= 4 is 34.8 Å². The first kappa shape index (κ1) is 18.1. The fraction of sp³-hybridized carbons (Fsp3) is 0.600. The Morgan fingerprint density at radius 3 is 2.35 bits per heavy atom. The molecular weight excluding hydrogens is 319 g/mol. The number of methoxy groups -OCH3 is 1. The molecule has 0 spiro atoms. The van der Waals surface area contributed by atoms with Gasteiger partial charge in [0.1, 0.15) is 0 Å². The fourth-order valence-electron chi connectivity index (χ4n) is 2.01. The van der Waals surface area contributed by atoms with Gasteiger partial charge in [-0.05, 0) is 24.5 Å². The van der Waals surface area contributed by atoms with E-state index in [9.17, 15) is 0 Å². The summed E-state index contributed by atoms with van der Waals surface area (Å²) in [5.74, 6) is 0.837. The molecule has 0 unspecified atom stereocenters. The van der Waals surface area contributed by atoms with E-state index in [0.29, 0.717) is 36.6 Å². The van der Waals surface area contributed by atoms with Crippen LogP contribution in [-0.2, 0) is 14.9 Å². The van der Waals surface area contributed by atoms with Crippen LogP contribution < -0.4 is 0 Å². The Hall–Kier alpha value is 0.01000. The molecule has 0 aromatic heterocycles. The van der Waals surface area contributed by atoms with E-state index in [4.69, 9.17) is 44.3 Å². The van der Waals surface area contributed by atoms with Gasteiger partial charge in [0.15, 0.2) is 0 Å². The van der Waals surface area contributed by atoms with Gasteiger partial charge >= 0.3 is 0 Å². The molecule has 0 heterocycles. The molecule has 0 radical (unpaired) electrons. The maximum Gasteiger partial charge on any atom is 0.0487 e. The molecule has 0 bridgehead atoms. The Morgan fingerprint density at radius 1 is 1.05 bits per heavy atom. The van der Waals surface area contributed by atoms with Crippen molar-refractivity contribution in [1.29, 1.82) is 0 Å². The van der Waals surface area contributed by atoms with Crippen LogP contribution >= 0.6 is 34.8 Å². The van der Waals surface area contributed by atoms with E-state index in [1.165, 1.54) is 0 Å². The summed E-state index contributed by atoms with van der Waals surface area (Å²) in [6.07, 6.45) is 1.63. The topological polar surface area (TPSA) is 18.5 Å². The summed E-state index contributed by atoms with van der Waals surface area (Å²) in [5, 5.41) is 0.702. The average molecular weight is 340 g/mol. The van der Waals surface area contributed by atoms with Gasteiger partial charge in [-0.15, -0.1) is 23.2 Å². The fourth-order valence-corrected chi connectivity index (χ4v) is 3.19. The van der Waals surface area contributed by atoms with Gasteiger partial charge in [-0.25, -0.2) is 0 Å². The summed E-state index contributed by atoms with van der Waals surface area (Å²) in [5.41, 5.74) is 0.648. The first-order chi connectivity index (χ1) is 9.70. The van der Waals surface area contributed by atoms with Gasteiger partial charge in [-0.1, -0.05) is 29.8 Å². The van der Waals surface area contributed by atoms with E-state index < -0.39 is 0 Å². The van der Waals surface area contributed by atoms with Gasteiger partial charge in [0, 0.05) is 49.1 Å². The molecule has 20 heavy (non-hydrogen) atoms. The summed E-state index contributed by atoms with van der Waals surface area (Å²) in [6.45, 7) is 1.99. The SMILES string of the molecule is COCCCOCCC(CCl)(CCl)c1ccccc1Cl. The Balaban J connectivity index is 2.61. The highest BCUT2D eigenvalue weighted by Gasteiger charge is 2.32. The van der Waals surface area contributed by atoms with E-state index in [0.717, 1.165) is 18.4 Å². The molecule has 0 aliphatic heterocycles. The predicted molar refractivity (Wildman–Crippen MR) is 86.5 cm³/mol. The lowest BCUT2D eigenvalue weighted by Gasteiger charge is -2.31. The first-order valence-electron chi connectivity index (χ1n) is 6.64. The molecule has 0 amide bonds. The lowest BCUT2D eigenvalue weighted by Crippen LogP contribution is -2.32. The van der Waals surface area contributed by atoms with E-state index in [-0.39, 0.29) is 5.41 Å².